The van der Waals surface area contributed by atoms with Gasteiger partial charge in [0.05, 0.1) is 25.3 Å². The number of carbonyl (C=O) groups excluding carboxylic acids is 3. The molecule has 0 aliphatic heterocycles. The fourth-order valence-electron chi connectivity index (χ4n) is 5.77. The molecule has 0 fully saturated rings. The number of carboxylic acids is 1. The molecule has 2 heterocycles. The molecule has 6 rings (SSSR count). The fourth-order valence-corrected chi connectivity index (χ4v) is 5.77. The van der Waals surface area contributed by atoms with Crippen molar-refractivity contribution in [3.8, 4) is 11.5 Å². The van der Waals surface area contributed by atoms with Gasteiger partial charge < -0.3 is 29.8 Å². The first-order valence-electron chi connectivity index (χ1n) is 19.3. The average molecular weight is 825 g/mol. The predicted octanol–water partition coefficient (Wildman–Crippen LogP) is 6.09. The van der Waals surface area contributed by atoms with E-state index in [0.29, 0.717) is 63.2 Å². The van der Waals surface area contributed by atoms with Crippen LogP contribution in [0.5, 0.6) is 11.5 Å². The molecule has 3 N–H and O–H groups in total. The van der Waals surface area contributed by atoms with Crippen LogP contribution >= 0.6 is 9.12 Å². The van der Waals surface area contributed by atoms with Crippen LogP contribution in [0, 0.1) is 0 Å². The first-order chi connectivity index (χ1) is 28.3. The van der Waals surface area contributed by atoms with Gasteiger partial charge in [0.1, 0.15) is 36.0 Å². The minimum absolute atomic E-state index is 0.0362. The maximum absolute atomic E-state index is 13.0. The Morgan fingerprint density at radius 3 is 1.41 bits per heavy atom. The van der Waals surface area contributed by atoms with Gasteiger partial charge in [0.2, 0.25) is 17.5 Å². The van der Waals surface area contributed by atoms with Crippen molar-refractivity contribution in [2.45, 2.75) is 47.6 Å². The van der Waals surface area contributed by atoms with Gasteiger partial charge in [-0.2, -0.15) is 10.2 Å². The molecule has 0 aliphatic carbocycles. The van der Waals surface area contributed by atoms with E-state index in [4.69, 9.17) is 19.6 Å². The second-order valence-corrected chi connectivity index (χ2v) is 13.8. The van der Waals surface area contributed by atoms with Crippen molar-refractivity contribution in [3.05, 3.63) is 120 Å². The van der Waals surface area contributed by atoms with Crippen LogP contribution in [-0.2, 0) is 22.7 Å². The van der Waals surface area contributed by atoms with Gasteiger partial charge in [-0.3, -0.25) is 28.5 Å². The number of methoxy groups -OCH3 is 2. The molecule has 14 nitrogen and oxygen atoms in total. The number of aromatic nitrogens is 4. The number of aliphatic carboxylic acids is 1. The van der Waals surface area contributed by atoms with Crippen molar-refractivity contribution in [1.82, 2.24) is 29.8 Å². The summed E-state index contributed by atoms with van der Waals surface area (Å²) in [5.41, 5.74) is 2.89. The first kappa shape index (κ1) is 47.5. The van der Waals surface area contributed by atoms with Gasteiger partial charge in [-0.05, 0) is 51.2 Å². The van der Waals surface area contributed by atoms with Crippen LogP contribution in [0.3, 0.4) is 0 Å². The molecule has 0 radical (unpaired) electrons. The molecular weight excluding hydrogens is 770 g/mol. The van der Waals surface area contributed by atoms with Crippen molar-refractivity contribution < 1.29 is 38.8 Å². The molecule has 2 aromatic heterocycles. The molecular formula is C43H54BN6O8P. The molecule has 1 unspecified atom stereocenters. The molecule has 0 aliphatic rings. The van der Waals surface area contributed by atoms with Gasteiger partial charge in [0.25, 0.3) is 0 Å². The summed E-state index contributed by atoms with van der Waals surface area (Å²) in [4.78, 5) is 51.0. The highest BCUT2D eigenvalue weighted by atomic mass is 31.0. The highest BCUT2D eigenvalue weighted by Crippen LogP contribution is 2.27. The lowest BCUT2D eigenvalue weighted by Gasteiger charge is -2.18. The average Bonchev–Trinajstić information content (AvgIpc) is 3.78. The molecule has 0 saturated carbocycles. The third kappa shape index (κ3) is 13.6. The van der Waals surface area contributed by atoms with E-state index in [9.17, 15) is 19.2 Å². The van der Waals surface area contributed by atoms with Crippen molar-refractivity contribution >= 4 is 61.0 Å². The summed E-state index contributed by atoms with van der Waals surface area (Å²) >= 11 is 0. The zero-order valence-electron chi connectivity index (χ0n) is 34.7. The standard InChI is InChI=1S/C21H23N3O3.C17H14N2O4.C4H11N.CH6BOP/c1-4-23(5-2)19(25)14-24-18-13-16(27-3)11-12-17(18)20(22-24)21(26)15-9-7-6-8-10-15;1-23-12-7-8-13-14(9-12)19(10-15(20)21)18-16(13)17(22)11-5-3-2-4-6-11;1-3-5-4-2;1-2(3)4/h6-13H,4-5,14H2,1-3H3;2-9H,10H2,1H3,(H,20,21);5H,3-4H2,1-2H3;3H,4H2,1H3. The second-order valence-electron chi connectivity index (χ2n) is 12.8. The number of hydrogen-bond donors (Lipinski definition) is 3. The molecule has 312 valence electrons. The third-order valence-corrected chi connectivity index (χ3v) is 8.61. The van der Waals surface area contributed by atoms with Gasteiger partial charge in [0, 0.05) is 47.1 Å². The molecule has 1 atom stereocenters. The number of ether oxygens (including phenoxy) is 2. The number of likely N-dealkylation sites (N-methyl/N-ethyl adjacent to an activating group) is 1. The summed E-state index contributed by atoms with van der Waals surface area (Å²) in [6, 6.07) is 28.3. The number of amides is 1. The summed E-state index contributed by atoms with van der Waals surface area (Å²) in [7, 11) is 5.32. The minimum Gasteiger partial charge on any atom is -0.497 e. The minimum atomic E-state index is -1.03. The van der Waals surface area contributed by atoms with E-state index in [-0.39, 0.29) is 42.9 Å². The quantitative estimate of drug-likeness (QED) is 0.0658. The number of nitrogens with zero attached hydrogens (tertiary/aromatic N) is 5. The van der Waals surface area contributed by atoms with E-state index < -0.39 is 5.97 Å². The van der Waals surface area contributed by atoms with Crippen LogP contribution in [0.4, 0.5) is 0 Å². The Morgan fingerprint density at radius 2 is 1.08 bits per heavy atom. The van der Waals surface area contributed by atoms with Gasteiger partial charge in [0.15, 0.2) is 0 Å². The van der Waals surface area contributed by atoms with Crippen LogP contribution in [0.15, 0.2) is 97.1 Å². The monoisotopic (exact) mass is 824 g/mol. The Labute approximate surface area is 347 Å². The number of carbonyl (C=O) groups is 4. The largest absolute Gasteiger partial charge is 0.497 e. The zero-order chi connectivity index (χ0) is 43.5. The molecule has 0 bridgehead atoms. The van der Waals surface area contributed by atoms with Crippen molar-refractivity contribution in [2.24, 2.45) is 0 Å². The van der Waals surface area contributed by atoms with E-state index in [1.54, 1.807) is 90.2 Å². The van der Waals surface area contributed by atoms with Gasteiger partial charge in [-0.1, -0.05) is 81.3 Å². The molecule has 4 aromatic carbocycles. The van der Waals surface area contributed by atoms with Gasteiger partial charge >= 0.3 is 12.6 Å². The maximum atomic E-state index is 13.0. The molecule has 6 aromatic rings. The Kier molecular flexibility index (Phi) is 19.4. The van der Waals surface area contributed by atoms with E-state index in [1.165, 1.54) is 11.8 Å². The number of benzene rings is 4. The van der Waals surface area contributed by atoms with E-state index in [1.807, 2.05) is 44.2 Å². The lowest BCUT2D eigenvalue weighted by Crippen LogP contribution is -2.33. The zero-order valence-corrected chi connectivity index (χ0v) is 35.9. The lowest BCUT2D eigenvalue weighted by molar-refractivity contribution is -0.137. The summed E-state index contributed by atoms with van der Waals surface area (Å²) in [5, 5.41) is 30.2. The Bertz CT molecular complexity index is 2270. The smallest absolute Gasteiger partial charge is 0.325 e. The first-order valence-corrected chi connectivity index (χ1v) is 19.9. The van der Waals surface area contributed by atoms with Crippen molar-refractivity contribution in [3.63, 3.8) is 0 Å². The summed E-state index contributed by atoms with van der Waals surface area (Å²) in [6.45, 7) is 12.7. The van der Waals surface area contributed by atoms with Crippen LogP contribution in [0.1, 0.15) is 59.8 Å². The number of ketones is 2. The third-order valence-electron chi connectivity index (χ3n) is 8.61. The van der Waals surface area contributed by atoms with E-state index in [0.717, 1.165) is 13.1 Å². The van der Waals surface area contributed by atoms with Crippen molar-refractivity contribution in [2.75, 3.05) is 40.4 Å². The molecule has 0 spiro atoms. The normalized spacial score (nSPS) is 10.3. The highest BCUT2D eigenvalue weighted by Gasteiger charge is 2.22. The van der Waals surface area contributed by atoms with Gasteiger partial charge in [-0.15, -0.1) is 9.12 Å². The van der Waals surface area contributed by atoms with Crippen LogP contribution < -0.4 is 14.8 Å². The summed E-state index contributed by atoms with van der Waals surface area (Å²) < 4.78 is 13.4. The van der Waals surface area contributed by atoms with E-state index in [2.05, 4.69) is 38.5 Å². The summed E-state index contributed by atoms with van der Waals surface area (Å²) in [6.07, 6.45) is 0. The molecule has 1 amide bonds. The number of hydrogen-bond acceptors (Lipinski definition) is 10. The van der Waals surface area contributed by atoms with Crippen molar-refractivity contribution in [1.29, 1.82) is 0 Å². The summed E-state index contributed by atoms with van der Waals surface area (Å²) in [5.74, 6) is -0.257. The van der Waals surface area contributed by atoms with E-state index >= 15 is 0 Å². The van der Waals surface area contributed by atoms with Crippen LogP contribution in [-0.4, -0.2) is 105 Å². The molecule has 16 heteroatoms. The number of nitrogens with one attached hydrogen (secondary N) is 1. The fraction of sp³-hybridized carbons (Fsp3) is 0.302. The Hall–Kier alpha value is -5.89. The lowest BCUT2D eigenvalue weighted by atomic mass is 10.1. The number of fused-ring (bicyclic) bond motifs is 2. The Balaban J connectivity index is 0.000000264. The highest BCUT2D eigenvalue weighted by molar-refractivity contribution is 7.59. The van der Waals surface area contributed by atoms with Gasteiger partial charge in [-0.25, -0.2) is 0 Å². The number of carboxylic acid groups (broad SMARTS) is 1. The Morgan fingerprint density at radius 1 is 0.695 bits per heavy atom. The predicted molar refractivity (Wildman–Crippen MR) is 236 cm³/mol. The van der Waals surface area contributed by atoms with Crippen LogP contribution in [0.2, 0.25) is 6.82 Å². The second kappa shape index (κ2) is 24.1. The topological polar surface area (TPSA) is 178 Å². The SMILES string of the molecule is CB(O)P.CCN(CC)C(=O)Cn1nc(C(=O)c2ccccc2)c2ccc(OC)cc21.CCNCC.COc1ccc2c(C(=O)c3ccccc3)nn(CC(=O)O)c2c1. The maximum Gasteiger partial charge on any atom is 0.325 e. The molecule has 0 saturated heterocycles. The molecule has 59 heavy (non-hydrogen) atoms. The van der Waals surface area contributed by atoms with Crippen LogP contribution in [0.25, 0.3) is 21.8 Å². The number of rotatable bonds is 14.